The van der Waals surface area contributed by atoms with Crippen molar-refractivity contribution < 1.29 is 4.74 Å². The van der Waals surface area contributed by atoms with Gasteiger partial charge in [-0.1, -0.05) is 11.6 Å². The van der Waals surface area contributed by atoms with Crippen LogP contribution in [0.4, 0.5) is 5.13 Å². The zero-order valence-corrected chi connectivity index (χ0v) is 10.6. The molecule has 0 saturated heterocycles. The number of hydrogen-bond acceptors (Lipinski definition) is 4. The number of rotatable bonds is 2. The molecule has 17 heavy (non-hydrogen) atoms. The van der Waals surface area contributed by atoms with Crippen molar-refractivity contribution in [1.82, 2.24) is 4.98 Å². The molecular weight excluding hydrogens is 256 g/mol. The van der Waals surface area contributed by atoms with E-state index in [4.69, 9.17) is 22.1 Å². The lowest BCUT2D eigenvalue weighted by atomic mass is 10.1. The Morgan fingerprint density at radius 3 is 3.12 bits per heavy atom. The number of benzene rings is 1. The second kappa shape index (κ2) is 4.20. The van der Waals surface area contributed by atoms with E-state index in [1.807, 2.05) is 18.3 Å². The van der Waals surface area contributed by atoms with Crippen molar-refractivity contribution in [3.05, 3.63) is 39.4 Å². The summed E-state index contributed by atoms with van der Waals surface area (Å²) in [6.45, 7) is 0.744. The molecule has 2 N–H and O–H groups in total. The topological polar surface area (TPSA) is 48.1 Å². The Hall–Kier alpha value is -1.26. The maximum Gasteiger partial charge on any atom is 0.180 e. The first kappa shape index (κ1) is 10.9. The van der Waals surface area contributed by atoms with Gasteiger partial charge in [0.2, 0.25) is 0 Å². The van der Waals surface area contributed by atoms with Crippen molar-refractivity contribution >= 4 is 28.1 Å². The first-order chi connectivity index (χ1) is 8.22. The summed E-state index contributed by atoms with van der Waals surface area (Å²) < 4.78 is 5.66. The molecule has 0 saturated carbocycles. The minimum atomic E-state index is 0.597. The average Bonchev–Trinajstić information content (AvgIpc) is 2.87. The van der Waals surface area contributed by atoms with Gasteiger partial charge in [0.15, 0.2) is 5.13 Å². The van der Waals surface area contributed by atoms with E-state index in [-0.39, 0.29) is 0 Å². The van der Waals surface area contributed by atoms with Crippen LogP contribution in [-0.4, -0.2) is 11.6 Å². The van der Waals surface area contributed by atoms with Crippen molar-refractivity contribution in [2.75, 3.05) is 12.3 Å². The zero-order valence-electron chi connectivity index (χ0n) is 9.07. The lowest BCUT2D eigenvalue weighted by Crippen LogP contribution is -1.92. The maximum absolute atomic E-state index is 6.11. The Labute approximate surface area is 108 Å². The molecule has 0 amide bonds. The van der Waals surface area contributed by atoms with Gasteiger partial charge >= 0.3 is 0 Å². The van der Waals surface area contributed by atoms with E-state index in [1.165, 1.54) is 16.9 Å². The third-order valence-electron chi connectivity index (χ3n) is 2.76. The summed E-state index contributed by atoms with van der Waals surface area (Å²) in [5.74, 6) is 0.987. The van der Waals surface area contributed by atoms with Crippen molar-refractivity contribution in [2.45, 2.75) is 12.8 Å². The van der Waals surface area contributed by atoms with E-state index in [1.54, 1.807) is 0 Å². The van der Waals surface area contributed by atoms with Crippen LogP contribution in [0.2, 0.25) is 5.02 Å². The molecule has 5 heteroatoms. The Morgan fingerprint density at radius 2 is 2.35 bits per heavy atom. The van der Waals surface area contributed by atoms with Crippen molar-refractivity contribution in [3.63, 3.8) is 0 Å². The van der Waals surface area contributed by atoms with Gasteiger partial charge in [-0.25, -0.2) is 4.98 Å². The molecule has 0 unspecified atom stereocenters. The fourth-order valence-electron chi connectivity index (χ4n) is 2.07. The highest BCUT2D eigenvalue weighted by Gasteiger charge is 2.18. The van der Waals surface area contributed by atoms with Crippen LogP contribution >= 0.6 is 22.9 Å². The highest BCUT2D eigenvalue weighted by Crippen LogP contribution is 2.34. The molecule has 0 aliphatic carbocycles. The lowest BCUT2D eigenvalue weighted by molar-refractivity contribution is 0.354. The molecule has 0 fully saturated rings. The summed E-state index contributed by atoms with van der Waals surface area (Å²) in [6.07, 6.45) is 3.52. The van der Waals surface area contributed by atoms with Gasteiger partial charge in [0.05, 0.1) is 6.61 Å². The number of hydrogen-bond donors (Lipinski definition) is 1. The monoisotopic (exact) mass is 266 g/mol. The molecule has 2 heterocycles. The second-order valence-electron chi connectivity index (χ2n) is 3.99. The highest BCUT2D eigenvalue weighted by atomic mass is 35.5. The molecule has 0 bridgehead atoms. The van der Waals surface area contributed by atoms with Crippen LogP contribution in [0, 0.1) is 0 Å². The van der Waals surface area contributed by atoms with E-state index in [2.05, 4.69) is 4.98 Å². The number of halogens is 1. The van der Waals surface area contributed by atoms with Crippen LogP contribution in [0.15, 0.2) is 18.3 Å². The minimum absolute atomic E-state index is 0.597. The fraction of sp³-hybridized carbons (Fsp3) is 0.250. The molecule has 3 rings (SSSR count). The Balaban J connectivity index is 1.98. The average molecular weight is 267 g/mol. The smallest absolute Gasteiger partial charge is 0.180 e. The molecular formula is C12H11ClN2OS. The standard InChI is InChI=1S/C12H11ClN2OS/c13-9-3-7-1-2-16-11(7)8(4-9)5-10-6-15-12(14)17-10/h3-4,6H,1-2,5H2,(H2,14,15). The summed E-state index contributed by atoms with van der Waals surface area (Å²) >= 11 is 7.61. The normalized spacial score (nSPS) is 13.5. The third-order valence-corrected chi connectivity index (χ3v) is 3.81. The number of ether oxygens (including phenoxy) is 1. The largest absolute Gasteiger partial charge is 0.493 e. The van der Waals surface area contributed by atoms with Crippen molar-refractivity contribution in [3.8, 4) is 5.75 Å². The summed E-state index contributed by atoms with van der Waals surface area (Å²) in [7, 11) is 0. The van der Waals surface area contributed by atoms with Gasteiger partial charge in [-0.3, -0.25) is 0 Å². The van der Waals surface area contributed by atoms with Gasteiger partial charge in [0.25, 0.3) is 0 Å². The van der Waals surface area contributed by atoms with Crippen LogP contribution in [-0.2, 0) is 12.8 Å². The van der Waals surface area contributed by atoms with Gasteiger partial charge < -0.3 is 10.5 Å². The quantitative estimate of drug-likeness (QED) is 0.909. The van der Waals surface area contributed by atoms with Gasteiger partial charge in [0, 0.05) is 34.5 Å². The molecule has 88 valence electrons. The molecule has 0 radical (unpaired) electrons. The fourth-order valence-corrected chi connectivity index (χ4v) is 3.04. The zero-order chi connectivity index (χ0) is 11.8. The Morgan fingerprint density at radius 1 is 1.47 bits per heavy atom. The number of fused-ring (bicyclic) bond motifs is 1. The number of nitrogens with zero attached hydrogens (tertiary/aromatic N) is 1. The predicted molar refractivity (Wildman–Crippen MR) is 70.0 cm³/mol. The molecule has 1 aliphatic rings. The summed E-state index contributed by atoms with van der Waals surface area (Å²) in [5, 5.41) is 1.36. The minimum Gasteiger partial charge on any atom is -0.493 e. The molecule has 2 aromatic rings. The van der Waals surface area contributed by atoms with Crippen LogP contribution in [0.5, 0.6) is 5.75 Å². The number of thiazole rings is 1. The predicted octanol–water partition coefficient (Wildman–Crippen LogP) is 2.90. The second-order valence-corrected chi connectivity index (χ2v) is 5.58. The molecule has 1 aromatic heterocycles. The highest BCUT2D eigenvalue weighted by molar-refractivity contribution is 7.15. The number of nitrogens with two attached hydrogens (primary N) is 1. The van der Waals surface area contributed by atoms with Crippen molar-refractivity contribution in [1.29, 1.82) is 0 Å². The number of aromatic nitrogens is 1. The van der Waals surface area contributed by atoms with E-state index in [0.29, 0.717) is 5.13 Å². The van der Waals surface area contributed by atoms with E-state index < -0.39 is 0 Å². The molecule has 0 spiro atoms. The molecule has 0 atom stereocenters. The van der Waals surface area contributed by atoms with Crippen LogP contribution < -0.4 is 10.5 Å². The maximum atomic E-state index is 6.11. The van der Waals surface area contributed by atoms with Gasteiger partial charge in [-0.15, -0.1) is 11.3 Å². The van der Waals surface area contributed by atoms with Crippen LogP contribution in [0.1, 0.15) is 16.0 Å². The third kappa shape index (κ3) is 2.10. The first-order valence-corrected chi connectivity index (χ1v) is 6.56. The summed E-state index contributed by atoms with van der Waals surface area (Å²) in [5.41, 5.74) is 7.94. The first-order valence-electron chi connectivity index (χ1n) is 5.36. The van der Waals surface area contributed by atoms with Gasteiger partial charge in [-0.05, 0) is 17.7 Å². The van der Waals surface area contributed by atoms with Gasteiger partial charge in [0.1, 0.15) is 5.75 Å². The van der Waals surface area contributed by atoms with Crippen LogP contribution in [0.3, 0.4) is 0 Å². The summed E-state index contributed by atoms with van der Waals surface area (Å²) in [4.78, 5) is 5.18. The molecule has 3 nitrogen and oxygen atoms in total. The van der Waals surface area contributed by atoms with E-state index in [0.717, 1.165) is 40.7 Å². The van der Waals surface area contributed by atoms with E-state index >= 15 is 0 Å². The number of anilines is 1. The van der Waals surface area contributed by atoms with Crippen LogP contribution in [0.25, 0.3) is 0 Å². The SMILES string of the molecule is Nc1ncc(Cc2cc(Cl)cc3c2OCC3)s1. The summed E-state index contributed by atoms with van der Waals surface area (Å²) in [6, 6.07) is 3.94. The van der Waals surface area contributed by atoms with E-state index in [9.17, 15) is 0 Å². The number of nitrogen functional groups attached to an aromatic ring is 1. The Bertz CT molecular complexity index is 568. The Kier molecular flexibility index (Phi) is 2.68. The molecule has 1 aromatic carbocycles. The molecule has 1 aliphatic heterocycles. The van der Waals surface area contributed by atoms with Crippen molar-refractivity contribution in [2.24, 2.45) is 0 Å². The van der Waals surface area contributed by atoms with Gasteiger partial charge in [-0.2, -0.15) is 0 Å². The lowest BCUT2D eigenvalue weighted by Gasteiger charge is -2.07.